The molecule has 0 aliphatic carbocycles. The van der Waals surface area contributed by atoms with Crippen LogP contribution in [-0.2, 0) is 3.83 Å². The zero-order valence-electron chi connectivity index (χ0n) is 14.2. The number of anilines is 2. The molecule has 0 bridgehead atoms. The molecular formula is C19H24ClN3OSe. The first-order valence-corrected chi connectivity index (χ1v) is 11.3. The standard InChI is InChI=1S/C19H23N3OSe.ClH/c23-24-16-22(18-8-4-5-9-19(18)24)15-12-20-10-13-21(14-11-20)17-6-2-1-3-7-17;/h1-9H,10-16H2;1H. The van der Waals surface area contributed by atoms with E-state index in [4.69, 9.17) is 0 Å². The van der Waals surface area contributed by atoms with Gasteiger partial charge in [0.1, 0.15) is 0 Å². The molecule has 134 valence electrons. The Bertz CT molecular complexity index is 720. The summed E-state index contributed by atoms with van der Waals surface area (Å²) in [5.41, 5.74) is 3.26. The number of nitrogens with zero attached hydrogens (tertiary/aromatic N) is 3. The molecule has 0 radical (unpaired) electrons. The quantitative estimate of drug-likeness (QED) is 0.701. The molecule has 2 aromatic rings. The first-order valence-electron chi connectivity index (χ1n) is 8.56. The topological polar surface area (TPSA) is 26.8 Å². The van der Waals surface area contributed by atoms with Crippen LogP contribution in [0.5, 0.6) is 0 Å². The fraction of sp³-hybridized carbons (Fsp3) is 0.368. The van der Waals surface area contributed by atoms with Gasteiger partial charge in [0.2, 0.25) is 0 Å². The second-order valence-corrected chi connectivity index (χ2v) is 9.28. The Balaban J connectivity index is 0.00000182. The van der Waals surface area contributed by atoms with Gasteiger partial charge in [-0.15, -0.1) is 12.4 Å². The minimum atomic E-state index is -1.84. The van der Waals surface area contributed by atoms with Crippen molar-refractivity contribution >= 4 is 42.1 Å². The second-order valence-electron chi connectivity index (χ2n) is 6.37. The van der Waals surface area contributed by atoms with Gasteiger partial charge in [0.05, 0.1) is 0 Å². The molecule has 0 amide bonds. The molecular weight excluding hydrogens is 401 g/mol. The molecule has 1 atom stereocenters. The van der Waals surface area contributed by atoms with Crippen LogP contribution >= 0.6 is 12.4 Å². The zero-order valence-corrected chi connectivity index (χ0v) is 16.7. The third-order valence-electron chi connectivity index (χ3n) is 4.90. The van der Waals surface area contributed by atoms with E-state index in [0.717, 1.165) is 49.2 Å². The summed E-state index contributed by atoms with van der Waals surface area (Å²) in [5, 5.41) is 0. The molecule has 2 aromatic carbocycles. The normalized spacial score (nSPS) is 20.2. The van der Waals surface area contributed by atoms with Crippen LogP contribution in [0, 0.1) is 0 Å². The summed E-state index contributed by atoms with van der Waals surface area (Å²) in [7, 11) is 0. The number of fused-ring (bicyclic) bond motifs is 1. The Hall–Kier alpha value is -1.39. The molecule has 0 spiro atoms. The predicted molar refractivity (Wildman–Crippen MR) is 107 cm³/mol. The molecule has 25 heavy (non-hydrogen) atoms. The van der Waals surface area contributed by atoms with Gasteiger partial charge in [-0.05, 0) is 0 Å². The van der Waals surface area contributed by atoms with Gasteiger partial charge in [0.15, 0.2) is 0 Å². The van der Waals surface area contributed by atoms with E-state index in [9.17, 15) is 3.83 Å². The van der Waals surface area contributed by atoms with E-state index in [2.05, 4.69) is 57.2 Å². The number of para-hydroxylation sites is 2. The van der Waals surface area contributed by atoms with Gasteiger partial charge in [-0.2, -0.15) is 0 Å². The van der Waals surface area contributed by atoms with Gasteiger partial charge >= 0.3 is 148 Å². The van der Waals surface area contributed by atoms with Crippen molar-refractivity contribution in [2.75, 3.05) is 54.5 Å². The molecule has 0 aromatic heterocycles. The van der Waals surface area contributed by atoms with Crippen molar-refractivity contribution in [2.45, 2.75) is 0 Å². The predicted octanol–water partition coefficient (Wildman–Crippen LogP) is 1.92. The van der Waals surface area contributed by atoms with Crippen LogP contribution in [0.25, 0.3) is 0 Å². The average molecular weight is 425 g/mol. The first-order chi connectivity index (χ1) is 11.8. The summed E-state index contributed by atoms with van der Waals surface area (Å²) >= 11 is -1.84. The fourth-order valence-electron chi connectivity index (χ4n) is 3.51. The summed E-state index contributed by atoms with van der Waals surface area (Å²) in [6.45, 7) is 6.39. The summed E-state index contributed by atoms with van der Waals surface area (Å²) in [4.78, 5) is 7.30. The maximum absolute atomic E-state index is 12.3. The van der Waals surface area contributed by atoms with Crippen LogP contribution in [0.15, 0.2) is 54.6 Å². The molecule has 4 nitrogen and oxygen atoms in total. The number of halogens is 1. The van der Waals surface area contributed by atoms with E-state index in [1.165, 1.54) is 11.4 Å². The monoisotopic (exact) mass is 425 g/mol. The van der Waals surface area contributed by atoms with Gasteiger partial charge in [-0.25, -0.2) is 0 Å². The average Bonchev–Trinajstić information content (AvgIpc) is 2.98. The Labute approximate surface area is 159 Å². The van der Waals surface area contributed by atoms with Crippen LogP contribution in [0.4, 0.5) is 11.4 Å². The van der Waals surface area contributed by atoms with Gasteiger partial charge in [-0.3, -0.25) is 0 Å². The Morgan fingerprint density at radius 3 is 2.28 bits per heavy atom. The van der Waals surface area contributed by atoms with E-state index in [1.807, 2.05) is 12.1 Å². The van der Waals surface area contributed by atoms with Gasteiger partial charge in [-0.1, -0.05) is 0 Å². The molecule has 0 saturated carbocycles. The third kappa shape index (κ3) is 4.06. The summed E-state index contributed by atoms with van der Waals surface area (Å²) < 4.78 is 13.4. The van der Waals surface area contributed by atoms with Crippen molar-refractivity contribution < 1.29 is 3.83 Å². The molecule has 6 heteroatoms. The van der Waals surface area contributed by atoms with Crippen molar-refractivity contribution in [3.05, 3.63) is 54.6 Å². The van der Waals surface area contributed by atoms with Crippen molar-refractivity contribution in [1.29, 1.82) is 0 Å². The molecule has 2 aliphatic heterocycles. The maximum atomic E-state index is 12.3. The van der Waals surface area contributed by atoms with Crippen LogP contribution in [0.2, 0.25) is 0 Å². The minimum absolute atomic E-state index is 0. The van der Waals surface area contributed by atoms with Crippen LogP contribution < -0.4 is 14.3 Å². The first kappa shape index (κ1) is 18.4. The van der Waals surface area contributed by atoms with E-state index < -0.39 is 13.8 Å². The number of rotatable bonds is 4. The molecule has 2 heterocycles. The number of piperazine rings is 1. The molecule has 1 fully saturated rings. The van der Waals surface area contributed by atoms with E-state index in [-0.39, 0.29) is 12.4 Å². The number of hydrogen-bond donors (Lipinski definition) is 0. The zero-order chi connectivity index (χ0) is 16.4. The fourth-order valence-corrected chi connectivity index (χ4v) is 6.34. The second kappa shape index (κ2) is 8.33. The van der Waals surface area contributed by atoms with Crippen LogP contribution in [0.1, 0.15) is 0 Å². The molecule has 0 N–H and O–H groups in total. The Morgan fingerprint density at radius 1 is 0.840 bits per heavy atom. The summed E-state index contributed by atoms with van der Waals surface area (Å²) in [5.74, 6) is 0. The van der Waals surface area contributed by atoms with E-state index in [0.29, 0.717) is 0 Å². The molecule has 2 aliphatic rings. The van der Waals surface area contributed by atoms with Crippen molar-refractivity contribution in [3.8, 4) is 0 Å². The van der Waals surface area contributed by atoms with Gasteiger partial charge < -0.3 is 0 Å². The SMILES string of the molecule is Cl.O=[Se]1CN(CCN2CCN(c3ccccc3)CC2)c2ccccc21. The van der Waals surface area contributed by atoms with Crippen molar-refractivity contribution in [2.24, 2.45) is 0 Å². The van der Waals surface area contributed by atoms with E-state index >= 15 is 0 Å². The Morgan fingerprint density at radius 2 is 1.52 bits per heavy atom. The Kier molecular flexibility index (Phi) is 6.13. The molecule has 4 rings (SSSR count). The summed E-state index contributed by atoms with van der Waals surface area (Å²) in [6.07, 6.45) is 0. The molecule has 1 unspecified atom stereocenters. The van der Waals surface area contributed by atoms with Gasteiger partial charge in [0, 0.05) is 0 Å². The number of benzene rings is 2. The number of hydrogen-bond acceptors (Lipinski definition) is 4. The van der Waals surface area contributed by atoms with Gasteiger partial charge in [0.25, 0.3) is 0 Å². The van der Waals surface area contributed by atoms with E-state index in [1.54, 1.807) is 0 Å². The summed E-state index contributed by atoms with van der Waals surface area (Å²) in [6, 6.07) is 18.9. The molecule has 1 saturated heterocycles. The van der Waals surface area contributed by atoms with Crippen LogP contribution in [0.3, 0.4) is 0 Å². The third-order valence-corrected chi connectivity index (χ3v) is 7.80. The van der Waals surface area contributed by atoms with Crippen molar-refractivity contribution in [3.63, 3.8) is 0 Å². The van der Waals surface area contributed by atoms with Crippen molar-refractivity contribution in [1.82, 2.24) is 4.90 Å². The van der Waals surface area contributed by atoms with Crippen LogP contribution in [-0.4, -0.2) is 63.4 Å².